The minimum atomic E-state index is -4.69. The molecule has 0 amide bonds. The SMILES string of the molecule is CCCCCC1CCC(c2ccc(OC(F)(F)F)cc2)=CC1=O. The molecule has 0 aliphatic heterocycles. The number of benzene rings is 1. The van der Waals surface area contributed by atoms with E-state index in [2.05, 4.69) is 11.7 Å². The van der Waals surface area contributed by atoms with E-state index in [0.717, 1.165) is 49.7 Å². The van der Waals surface area contributed by atoms with E-state index >= 15 is 0 Å². The van der Waals surface area contributed by atoms with E-state index in [4.69, 9.17) is 0 Å². The molecule has 0 N–H and O–H groups in total. The van der Waals surface area contributed by atoms with Gasteiger partial charge in [0, 0.05) is 5.92 Å². The lowest BCUT2D eigenvalue weighted by atomic mass is 9.83. The predicted molar refractivity (Wildman–Crippen MR) is 83.0 cm³/mol. The monoisotopic (exact) mass is 326 g/mol. The van der Waals surface area contributed by atoms with Crippen LogP contribution in [0.15, 0.2) is 30.3 Å². The van der Waals surface area contributed by atoms with Crippen LogP contribution in [0.25, 0.3) is 5.57 Å². The van der Waals surface area contributed by atoms with Crippen molar-refractivity contribution in [3.05, 3.63) is 35.9 Å². The molecule has 1 unspecified atom stereocenters. The normalized spacial score (nSPS) is 18.7. The second-order valence-electron chi connectivity index (χ2n) is 5.88. The molecule has 0 aromatic heterocycles. The summed E-state index contributed by atoms with van der Waals surface area (Å²) in [5, 5.41) is 0. The first-order valence-electron chi connectivity index (χ1n) is 7.99. The standard InChI is InChI=1S/C18H21F3O2/c1-2-3-4-5-14-6-7-15(12-17(14)22)13-8-10-16(11-9-13)23-18(19,20)21/h8-12,14H,2-7H2,1H3. The number of halogens is 3. The summed E-state index contributed by atoms with van der Waals surface area (Å²) in [6.45, 7) is 2.13. The topological polar surface area (TPSA) is 26.3 Å². The van der Waals surface area contributed by atoms with Gasteiger partial charge in [0.2, 0.25) is 0 Å². The second-order valence-corrected chi connectivity index (χ2v) is 5.88. The zero-order valence-corrected chi connectivity index (χ0v) is 13.2. The lowest BCUT2D eigenvalue weighted by molar-refractivity contribution is -0.274. The number of hydrogen-bond acceptors (Lipinski definition) is 2. The fraction of sp³-hybridized carbons (Fsp3) is 0.500. The van der Waals surface area contributed by atoms with Crippen molar-refractivity contribution in [2.24, 2.45) is 5.92 Å². The van der Waals surface area contributed by atoms with Gasteiger partial charge in [-0.2, -0.15) is 0 Å². The molecule has 1 atom stereocenters. The van der Waals surface area contributed by atoms with E-state index < -0.39 is 6.36 Å². The Labute approximate surface area is 134 Å². The second kappa shape index (κ2) is 7.66. The fourth-order valence-corrected chi connectivity index (χ4v) is 2.86. The number of unbranched alkanes of at least 4 members (excludes halogenated alkanes) is 2. The molecular weight excluding hydrogens is 305 g/mol. The van der Waals surface area contributed by atoms with Gasteiger partial charge in [-0.1, -0.05) is 38.3 Å². The van der Waals surface area contributed by atoms with Crippen molar-refractivity contribution >= 4 is 11.4 Å². The highest BCUT2D eigenvalue weighted by atomic mass is 19.4. The average Bonchev–Trinajstić information content (AvgIpc) is 2.48. The van der Waals surface area contributed by atoms with Crippen molar-refractivity contribution in [3.63, 3.8) is 0 Å². The molecule has 1 aromatic carbocycles. The van der Waals surface area contributed by atoms with Gasteiger partial charge in [-0.3, -0.25) is 4.79 Å². The van der Waals surface area contributed by atoms with Gasteiger partial charge in [-0.15, -0.1) is 13.2 Å². The molecule has 0 radical (unpaired) electrons. The molecule has 5 heteroatoms. The van der Waals surface area contributed by atoms with Crippen LogP contribution >= 0.6 is 0 Å². The van der Waals surface area contributed by atoms with Crippen LogP contribution in [0.1, 0.15) is 51.0 Å². The van der Waals surface area contributed by atoms with Crippen molar-refractivity contribution < 1.29 is 22.7 Å². The third-order valence-corrected chi connectivity index (χ3v) is 4.10. The van der Waals surface area contributed by atoms with Gasteiger partial charge < -0.3 is 4.74 Å². The summed E-state index contributed by atoms with van der Waals surface area (Å²) in [5.41, 5.74) is 1.67. The highest BCUT2D eigenvalue weighted by Gasteiger charge is 2.31. The van der Waals surface area contributed by atoms with Crippen LogP contribution in [0.5, 0.6) is 5.75 Å². The van der Waals surface area contributed by atoms with Crippen LogP contribution in [-0.2, 0) is 4.79 Å². The van der Waals surface area contributed by atoms with Gasteiger partial charge in [-0.25, -0.2) is 0 Å². The maximum atomic E-state index is 12.2. The van der Waals surface area contributed by atoms with Crippen LogP contribution in [0, 0.1) is 5.92 Å². The van der Waals surface area contributed by atoms with Gasteiger partial charge >= 0.3 is 6.36 Å². The van der Waals surface area contributed by atoms with Gasteiger partial charge in [0.15, 0.2) is 5.78 Å². The van der Waals surface area contributed by atoms with Crippen LogP contribution < -0.4 is 4.74 Å². The number of ether oxygens (including phenoxy) is 1. The number of carbonyl (C=O) groups is 1. The minimum Gasteiger partial charge on any atom is -0.406 e. The lowest BCUT2D eigenvalue weighted by Gasteiger charge is -2.21. The molecule has 0 spiro atoms. The van der Waals surface area contributed by atoms with Crippen LogP contribution in [0.3, 0.4) is 0 Å². The maximum Gasteiger partial charge on any atom is 0.573 e. The Hall–Kier alpha value is -1.78. The molecule has 0 fully saturated rings. The van der Waals surface area contributed by atoms with Crippen molar-refractivity contribution in [2.45, 2.75) is 51.8 Å². The third-order valence-electron chi connectivity index (χ3n) is 4.10. The van der Waals surface area contributed by atoms with Crippen molar-refractivity contribution in [1.82, 2.24) is 0 Å². The molecular formula is C18H21F3O2. The molecule has 23 heavy (non-hydrogen) atoms. The molecule has 126 valence electrons. The molecule has 0 saturated carbocycles. The number of alkyl halides is 3. The summed E-state index contributed by atoms with van der Waals surface area (Å²) in [4.78, 5) is 12.2. The van der Waals surface area contributed by atoms with E-state index in [1.807, 2.05) is 0 Å². The van der Waals surface area contributed by atoms with Crippen molar-refractivity contribution in [1.29, 1.82) is 0 Å². The summed E-state index contributed by atoms with van der Waals surface area (Å²) >= 11 is 0. The summed E-state index contributed by atoms with van der Waals surface area (Å²) in [7, 11) is 0. The molecule has 1 aromatic rings. The Kier molecular flexibility index (Phi) is 5.85. The molecule has 2 nitrogen and oxygen atoms in total. The maximum absolute atomic E-state index is 12.2. The number of carbonyl (C=O) groups excluding carboxylic acids is 1. The molecule has 2 rings (SSSR count). The molecule has 1 aliphatic rings. The Bertz CT molecular complexity index is 559. The number of allylic oxidation sites excluding steroid dienone is 2. The van der Waals surface area contributed by atoms with Gasteiger partial charge in [0.25, 0.3) is 0 Å². The number of ketones is 1. The Morgan fingerprint density at radius 3 is 2.43 bits per heavy atom. The van der Waals surface area contributed by atoms with Crippen LogP contribution in [0.4, 0.5) is 13.2 Å². The minimum absolute atomic E-state index is 0.0955. The molecule has 0 bridgehead atoms. The Morgan fingerprint density at radius 1 is 1.17 bits per heavy atom. The van der Waals surface area contributed by atoms with Gasteiger partial charge in [0.05, 0.1) is 0 Å². The summed E-state index contributed by atoms with van der Waals surface area (Å²) in [6.07, 6.45) is 2.83. The van der Waals surface area contributed by atoms with Gasteiger partial charge in [0.1, 0.15) is 5.75 Å². The van der Waals surface area contributed by atoms with E-state index in [0.29, 0.717) is 0 Å². The summed E-state index contributed by atoms with van der Waals surface area (Å²) in [6, 6.07) is 5.69. The van der Waals surface area contributed by atoms with Crippen molar-refractivity contribution in [3.8, 4) is 5.75 Å². The fourth-order valence-electron chi connectivity index (χ4n) is 2.86. The molecule has 1 aliphatic carbocycles. The summed E-state index contributed by atoms with van der Waals surface area (Å²) in [5.74, 6) is -0.0162. The largest absolute Gasteiger partial charge is 0.573 e. The van der Waals surface area contributed by atoms with E-state index in [1.165, 1.54) is 12.1 Å². The molecule has 0 saturated heterocycles. The Balaban J connectivity index is 2.00. The average molecular weight is 326 g/mol. The smallest absolute Gasteiger partial charge is 0.406 e. The quantitative estimate of drug-likeness (QED) is 0.643. The number of rotatable bonds is 6. The highest BCUT2D eigenvalue weighted by Crippen LogP contribution is 2.32. The van der Waals surface area contributed by atoms with E-state index in [1.54, 1.807) is 18.2 Å². The summed E-state index contributed by atoms with van der Waals surface area (Å²) < 4.78 is 40.3. The molecule has 0 heterocycles. The van der Waals surface area contributed by atoms with Crippen molar-refractivity contribution in [2.75, 3.05) is 0 Å². The van der Waals surface area contributed by atoms with Crippen LogP contribution in [0.2, 0.25) is 0 Å². The Morgan fingerprint density at radius 2 is 1.87 bits per heavy atom. The first kappa shape index (κ1) is 17.6. The van der Waals surface area contributed by atoms with E-state index in [-0.39, 0.29) is 17.5 Å². The third kappa shape index (κ3) is 5.41. The van der Waals surface area contributed by atoms with E-state index in [9.17, 15) is 18.0 Å². The zero-order valence-electron chi connectivity index (χ0n) is 13.2. The van der Waals surface area contributed by atoms with Gasteiger partial charge in [-0.05, 0) is 48.6 Å². The van der Waals surface area contributed by atoms with Crippen LogP contribution in [-0.4, -0.2) is 12.1 Å². The first-order chi connectivity index (χ1) is 10.9. The lowest BCUT2D eigenvalue weighted by Crippen LogP contribution is -2.17. The highest BCUT2D eigenvalue weighted by molar-refractivity contribution is 5.99. The predicted octanol–water partition coefficient (Wildman–Crippen LogP) is 5.53. The first-order valence-corrected chi connectivity index (χ1v) is 7.99. The zero-order chi connectivity index (χ0) is 16.9. The number of hydrogen-bond donors (Lipinski definition) is 0.